The smallest absolute Gasteiger partial charge is 0.269 e. The number of rotatable bonds is 5. The molecular weight excluding hydrogens is 304 g/mol. The van der Waals surface area contributed by atoms with Gasteiger partial charge in [0.15, 0.2) is 0 Å². The van der Waals surface area contributed by atoms with Crippen molar-refractivity contribution in [1.29, 1.82) is 0 Å². The number of thiophene rings is 1. The number of hydrazine groups is 1. The molecule has 1 aromatic heterocycles. The summed E-state index contributed by atoms with van der Waals surface area (Å²) in [4.78, 5) is 24.7. The van der Waals surface area contributed by atoms with Gasteiger partial charge in [-0.3, -0.25) is 20.4 Å². The Labute approximate surface area is 132 Å². The lowest BCUT2D eigenvalue weighted by Gasteiger charge is -2.10. The van der Waals surface area contributed by atoms with Crippen LogP contribution < -0.4 is 20.3 Å². The minimum Gasteiger partial charge on any atom is -0.497 e. The van der Waals surface area contributed by atoms with Crippen molar-refractivity contribution >= 4 is 23.2 Å². The summed E-state index contributed by atoms with van der Waals surface area (Å²) in [5, 5.41) is 1.89. The van der Waals surface area contributed by atoms with Crippen LogP contribution in [0.4, 0.5) is 0 Å². The van der Waals surface area contributed by atoms with Crippen LogP contribution in [0.15, 0.2) is 35.7 Å². The van der Waals surface area contributed by atoms with Gasteiger partial charge in [0.1, 0.15) is 11.5 Å². The van der Waals surface area contributed by atoms with E-state index in [1.165, 1.54) is 25.6 Å². The summed E-state index contributed by atoms with van der Waals surface area (Å²) in [6.45, 7) is 0. The third-order valence-corrected chi connectivity index (χ3v) is 3.72. The summed E-state index contributed by atoms with van der Waals surface area (Å²) in [5.74, 6) is 0.256. The largest absolute Gasteiger partial charge is 0.497 e. The van der Waals surface area contributed by atoms with Gasteiger partial charge in [-0.05, 0) is 23.6 Å². The van der Waals surface area contributed by atoms with E-state index >= 15 is 0 Å². The van der Waals surface area contributed by atoms with Gasteiger partial charge in [0.25, 0.3) is 5.91 Å². The van der Waals surface area contributed by atoms with Gasteiger partial charge in [-0.25, -0.2) is 0 Å². The van der Waals surface area contributed by atoms with Crippen molar-refractivity contribution < 1.29 is 19.1 Å². The van der Waals surface area contributed by atoms with Crippen molar-refractivity contribution in [2.45, 2.75) is 6.42 Å². The Hall–Kier alpha value is -2.54. The Morgan fingerprint density at radius 2 is 1.77 bits per heavy atom. The molecule has 0 aliphatic heterocycles. The van der Waals surface area contributed by atoms with E-state index < -0.39 is 5.91 Å². The van der Waals surface area contributed by atoms with Crippen LogP contribution in [0.25, 0.3) is 0 Å². The molecule has 0 aliphatic carbocycles. The molecule has 0 radical (unpaired) electrons. The number of hydrogen-bond donors (Lipinski definition) is 2. The molecule has 2 N–H and O–H groups in total. The first kappa shape index (κ1) is 15.8. The second kappa shape index (κ2) is 7.46. The van der Waals surface area contributed by atoms with Crippen molar-refractivity contribution in [3.63, 3.8) is 0 Å². The Morgan fingerprint density at radius 1 is 1.09 bits per heavy atom. The first-order valence-corrected chi connectivity index (χ1v) is 7.35. The van der Waals surface area contributed by atoms with Crippen LogP contribution in [0, 0.1) is 0 Å². The van der Waals surface area contributed by atoms with Crippen LogP contribution in [0.5, 0.6) is 11.5 Å². The van der Waals surface area contributed by atoms with Crippen molar-refractivity contribution in [1.82, 2.24) is 10.9 Å². The highest BCUT2D eigenvalue weighted by atomic mass is 32.1. The number of benzene rings is 1. The molecule has 0 atom stereocenters. The molecule has 0 spiro atoms. The molecule has 7 heteroatoms. The highest BCUT2D eigenvalue weighted by Crippen LogP contribution is 2.22. The maximum absolute atomic E-state index is 12.1. The maximum Gasteiger partial charge on any atom is 0.269 e. The van der Waals surface area contributed by atoms with E-state index in [4.69, 9.17) is 9.47 Å². The molecule has 22 heavy (non-hydrogen) atoms. The Balaban J connectivity index is 1.95. The van der Waals surface area contributed by atoms with Crippen molar-refractivity contribution in [3.05, 3.63) is 46.2 Å². The molecule has 0 fully saturated rings. The Morgan fingerprint density at radius 3 is 2.32 bits per heavy atom. The van der Waals surface area contributed by atoms with E-state index in [1.54, 1.807) is 18.2 Å². The van der Waals surface area contributed by atoms with Gasteiger partial charge in [0, 0.05) is 16.5 Å². The van der Waals surface area contributed by atoms with Crippen LogP contribution >= 0.6 is 11.3 Å². The predicted octanol–water partition coefficient (Wildman–Crippen LogP) is 1.77. The fourth-order valence-corrected chi connectivity index (χ4v) is 2.46. The predicted molar refractivity (Wildman–Crippen MR) is 83.2 cm³/mol. The van der Waals surface area contributed by atoms with Crippen molar-refractivity contribution in [2.24, 2.45) is 0 Å². The monoisotopic (exact) mass is 320 g/mol. The summed E-state index contributed by atoms with van der Waals surface area (Å²) in [7, 11) is 3.00. The van der Waals surface area contributed by atoms with E-state index in [0.717, 1.165) is 4.88 Å². The molecule has 116 valence electrons. The van der Waals surface area contributed by atoms with Crippen molar-refractivity contribution in [2.75, 3.05) is 14.2 Å². The van der Waals surface area contributed by atoms with E-state index in [0.29, 0.717) is 17.1 Å². The topological polar surface area (TPSA) is 76.7 Å². The molecule has 2 amide bonds. The average Bonchev–Trinajstić information content (AvgIpc) is 3.04. The lowest BCUT2D eigenvalue weighted by Crippen LogP contribution is -2.42. The van der Waals surface area contributed by atoms with E-state index in [9.17, 15) is 9.59 Å². The molecule has 0 aliphatic rings. The van der Waals surface area contributed by atoms with Gasteiger partial charge in [-0.1, -0.05) is 6.07 Å². The number of carbonyl (C=O) groups is 2. The molecular formula is C15H16N2O4S. The fourth-order valence-electron chi connectivity index (χ4n) is 1.75. The van der Waals surface area contributed by atoms with Gasteiger partial charge in [-0.15, -0.1) is 11.3 Å². The lowest BCUT2D eigenvalue weighted by atomic mass is 10.2. The van der Waals surface area contributed by atoms with Gasteiger partial charge >= 0.3 is 0 Å². The molecule has 2 rings (SSSR count). The van der Waals surface area contributed by atoms with Gasteiger partial charge in [-0.2, -0.15) is 0 Å². The zero-order valence-electron chi connectivity index (χ0n) is 12.2. The first-order chi connectivity index (χ1) is 10.6. The third kappa shape index (κ3) is 4.23. The minimum atomic E-state index is -0.447. The fraction of sp³-hybridized carbons (Fsp3) is 0.200. The highest BCUT2D eigenvalue weighted by molar-refractivity contribution is 7.10. The molecule has 0 saturated heterocycles. The number of amides is 2. The molecule has 0 unspecified atom stereocenters. The van der Waals surface area contributed by atoms with Gasteiger partial charge < -0.3 is 9.47 Å². The van der Waals surface area contributed by atoms with Gasteiger partial charge in [0.2, 0.25) is 5.91 Å². The molecule has 0 saturated carbocycles. The van der Waals surface area contributed by atoms with Crippen LogP contribution in [-0.4, -0.2) is 26.0 Å². The quantitative estimate of drug-likeness (QED) is 0.823. The maximum atomic E-state index is 12.1. The van der Waals surface area contributed by atoms with Crippen LogP contribution in [0.2, 0.25) is 0 Å². The summed E-state index contributed by atoms with van der Waals surface area (Å²) in [5.41, 5.74) is 5.08. The van der Waals surface area contributed by atoms with Crippen LogP contribution in [-0.2, 0) is 11.2 Å². The highest BCUT2D eigenvalue weighted by Gasteiger charge is 2.11. The lowest BCUT2D eigenvalue weighted by molar-refractivity contribution is -0.121. The zero-order valence-corrected chi connectivity index (χ0v) is 13.0. The normalized spacial score (nSPS) is 9.91. The Kier molecular flexibility index (Phi) is 5.37. The van der Waals surface area contributed by atoms with Crippen molar-refractivity contribution in [3.8, 4) is 11.5 Å². The summed E-state index contributed by atoms with van der Waals surface area (Å²) < 4.78 is 10.2. The summed E-state index contributed by atoms with van der Waals surface area (Å²) >= 11 is 1.49. The third-order valence-electron chi connectivity index (χ3n) is 2.84. The zero-order chi connectivity index (χ0) is 15.9. The first-order valence-electron chi connectivity index (χ1n) is 6.47. The second-order valence-corrected chi connectivity index (χ2v) is 5.39. The molecule has 0 bridgehead atoms. The Bertz CT molecular complexity index is 633. The average molecular weight is 320 g/mol. The van der Waals surface area contributed by atoms with Gasteiger partial charge in [0.05, 0.1) is 20.6 Å². The van der Waals surface area contributed by atoms with E-state index in [2.05, 4.69) is 10.9 Å². The van der Waals surface area contributed by atoms with Crippen LogP contribution in [0.3, 0.4) is 0 Å². The number of hydrogen-bond acceptors (Lipinski definition) is 5. The SMILES string of the molecule is COc1cc(OC)cc(C(=O)NNC(=O)Cc2cccs2)c1. The number of methoxy groups -OCH3 is 2. The molecule has 6 nitrogen and oxygen atoms in total. The number of carbonyl (C=O) groups excluding carboxylic acids is 2. The molecule has 2 aromatic rings. The summed E-state index contributed by atoms with van der Waals surface area (Å²) in [6.07, 6.45) is 0.222. The van der Waals surface area contributed by atoms with E-state index in [1.807, 2.05) is 17.5 Å². The minimum absolute atomic E-state index is 0.222. The number of ether oxygens (including phenoxy) is 2. The molecule has 1 aromatic carbocycles. The molecule has 1 heterocycles. The van der Waals surface area contributed by atoms with Crippen LogP contribution in [0.1, 0.15) is 15.2 Å². The summed E-state index contributed by atoms with van der Waals surface area (Å²) in [6, 6.07) is 8.51. The standard InChI is InChI=1S/C15H16N2O4S/c1-20-11-6-10(7-12(8-11)21-2)15(19)17-16-14(18)9-13-4-3-5-22-13/h3-8H,9H2,1-2H3,(H,16,18)(H,17,19). The van der Waals surface area contributed by atoms with E-state index in [-0.39, 0.29) is 12.3 Å². The number of nitrogens with one attached hydrogen (secondary N) is 2. The second-order valence-electron chi connectivity index (χ2n) is 4.36.